The van der Waals surface area contributed by atoms with Crippen molar-refractivity contribution in [2.45, 2.75) is 32.3 Å². The molecule has 5 heteroatoms. The molecule has 0 spiro atoms. The van der Waals surface area contributed by atoms with Crippen molar-refractivity contribution in [3.63, 3.8) is 0 Å². The van der Waals surface area contributed by atoms with E-state index < -0.39 is 30.4 Å². The SMILES string of the molecule is C[C@H](O)C(=O)N1CC[C@H](C)C(F)(F)C1. The molecule has 1 heterocycles. The highest BCUT2D eigenvalue weighted by Crippen LogP contribution is 2.32. The summed E-state index contributed by atoms with van der Waals surface area (Å²) in [5.74, 6) is -4.14. The maximum Gasteiger partial charge on any atom is 0.267 e. The van der Waals surface area contributed by atoms with E-state index in [0.717, 1.165) is 4.90 Å². The molecule has 1 N–H and O–H groups in total. The van der Waals surface area contributed by atoms with Crippen molar-refractivity contribution in [3.8, 4) is 0 Å². The van der Waals surface area contributed by atoms with Crippen molar-refractivity contribution in [2.75, 3.05) is 13.1 Å². The highest BCUT2D eigenvalue weighted by Gasteiger charge is 2.43. The van der Waals surface area contributed by atoms with Gasteiger partial charge in [-0.05, 0) is 13.3 Å². The first-order chi connectivity index (χ1) is 6.34. The Morgan fingerprint density at radius 1 is 1.64 bits per heavy atom. The maximum atomic E-state index is 13.2. The van der Waals surface area contributed by atoms with Gasteiger partial charge in [-0.15, -0.1) is 0 Å². The largest absolute Gasteiger partial charge is 0.384 e. The summed E-state index contributed by atoms with van der Waals surface area (Å²) < 4.78 is 26.4. The van der Waals surface area contributed by atoms with Crippen molar-refractivity contribution in [3.05, 3.63) is 0 Å². The van der Waals surface area contributed by atoms with Crippen molar-refractivity contribution >= 4 is 5.91 Å². The van der Waals surface area contributed by atoms with Gasteiger partial charge in [-0.3, -0.25) is 4.79 Å². The summed E-state index contributed by atoms with van der Waals surface area (Å²) in [5, 5.41) is 8.97. The quantitative estimate of drug-likeness (QED) is 0.693. The number of hydrogen-bond donors (Lipinski definition) is 1. The van der Waals surface area contributed by atoms with E-state index >= 15 is 0 Å². The van der Waals surface area contributed by atoms with E-state index in [9.17, 15) is 13.6 Å². The average Bonchev–Trinajstić information content (AvgIpc) is 2.08. The molecule has 1 aliphatic rings. The molecule has 82 valence electrons. The Hall–Kier alpha value is -0.710. The first-order valence-electron chi connectivity index (χ1n) is 4.69. The van der Waals surface area contributed by atoms with Crippen LogP contribution >= 0.6 is 0 Å². The first-order valence-corrected chi connectivity index (χ1v) is 4.69. The fraction of sp³-hybridized carbons (Fsp3) is 0.889. The monoisotopic (exact) mass is 207 g/mol. The molecular formula is C9H15F2NO2. The summed E-state index contributed by atoms with van der Waals surface area (Å²) >= 11 is 0. The molecular weight excluding hydrogens is 192 g/mol. The van der Waals surface area contributed by atoms with Gasteiger partial charge in [0, 0.05) is 12.5 Å². The second-order valence-corrected chi connectivity index (χ2v) is 3.89. The summed E-state index contributed by atoms with van der Waals surface area (Å²) in [6, 6.07) is 0. The van der Waals surface area contributed by atoms with Gasteiger partial charge < -0.3 is 10.0 Å². The number of carbonyl (C=O) groups is 1. The van der Waals surface area contributed by atoms with Gasteiger partial charge in [0.1, 0.15) is 6.10 Å². The molecule has 0 aromatic carbocycles. The average molecular weight is 207 g/mol. The van der Waals surface area contributed by atoms with Crippen molar-refractivity contribution in [1.29, 1.82) is 0 Å². The molecule has 1 amide bonds. The van der Waals surface area contributed by atoms with Gasteiger partial charge >= 0.3 is 0 Å². The lowest BCUT2D eigenvalue weighted by atomic mass is 9.94. The van der Waals surface area contributed by atoms with Crippen LogP contribution in [0.1, 0.15) is 20.3 Å². The van der Waals surface area contributed by atoms with E-state index in [4.69, 9.17) is 5.11 Å². The molecule has 0 bridgehead atoms. The molecule has 0 aromatic heterocycles. The fourth-order valence-corrected chi connectivity index (χ4v) is 1.50. The fourth-order valence-electron chi connectivity index (χ4n) is 1.50. The molecule has 1 aliphatic heterocycles. The Morgan fingerprint density at radius 2 is 2.21 bits per heavy atom. The van der Waals surface area contributed by atoms with Crippen LogP contribution in [0.5, 0.6) is 0 Å². The van der Waals surface area contributed by atoms with Gasteiger partial charge in [-0.2, -0.15) is 0 Å². The van der Waals surface area contributed by atoms with E-state index in [1.165, 1.54) is 13.8 Å². The normalized spacial score (nSPS) is 28.6. The Balaban J connectivity index is 2.64. The van der Waals surface area contributed by atoms with Crippen LogP contribution in [0.3, 0.4) is 0 Å². The molecule has 0 saturated carbocycles. The van der Waals surface area contributed by atoms with E-state index in [0.29, 0.717) is 6.54 Å². The lowest BCUT2D eigenvalue weighted by molar-refractivity contribution is -0.155. The number of amides is 1. The molecule has 3 nitrogen and oxygen atoms in total. The third kappa shape index (κ3) is 2.20. The number of aliphatic hydroxyl groups excluding tert-OH is 1. The van der Waals surface area contributed by atoms with Crippen molar-refractivity contribution in [2.24, 2.45) is 5.92 Å². The van der Waals surface area contributed by atoms with Crippen molar-refractivity contribution in [1.82, 2.24) is 4.90 Å². The molecule has 14 heavy (non-hydrogen) atoms. The van der Waals surface area contributed by atoms with E-state index in [1.807, 2.05) is 0 Å². The van der Waals surface area contributed by atoms with Crippen LogP contribution in [0.25, 0.3) is 0 Å². The molecule has 1 rings (SSSR count). The zero-order chi connectivity index (χ0) is 10.9. The molecule has 1 saturated heterocycles. The molecule has 0 aliphatic carbocycles. The number of aliphatic hydroxyl groups is 1. The summed E-state index contributed by atoms with van der Waals surface area (Å²) in [4.78, 5) is 12.3. The third-order valence-corrected chi connectivity index (χ3v) is 2.62. The second-order valence-electron chi connectivity index (χ2n) is 3.89. The van der Waals surface area contributed by atoms with Gasteiger partial charge in [0.05, 0.1) is 6.54 Å². The predicted octanol–water partition coefficient (Wildman–Crippen LogP) is 0.871. The van der Waals surface area contributed by atoms with Gasteiger partial charge in [0.15, 0.2) is 0 Å². The van der Waals surface area contributed by atoms with E-state index in [-0.39, 0.29) is 6.42 Å². The minimum atomic E-state index is -2.83. The lowest BCUT2D eigenvalue weighted by Crippen LogP contribution is -2.52. The minimum Gasteiger partial charge on any atom is -0.384 e. The molecule has 0 radical (unpaired) electrons. The highest BCUT2D eigenvalue weighted by molar-refractivity contribution is 5.80. The van der Waals surface area contributed by atoms with Crippen LogP contribution in [0.15, 0.2) is 0 Å². The number of piperidine rings is 1. The van der Waals surface area contributed by atoms with E-state index in [2.05, 4.69) is 0 Å². The Morgan fingerprint density at radius 3 is 2.64 bits per heavy atom. The summed E-state index contributed by atoms with van der Waals surface area (Å²) in [6.45, 7) is 2.50. The van der Waals surface area contributed by atoms with Crippen LogP contribution in [-0.2, 0) is 4.79 Å². The molecule has 2 atom stereocenters. The summed E-state index contributed by atoms with van der Waals surface area (Å²) in [5.41, 5.74) is 0. The van der Waals surface area contributed by atoms with Gasteiger partial charge in [-0.1, -0.05) is 6.92 Å². The van der Waals surface area contributed by atoms with Gasteiger partial charge in [-0.25, -0.2) is 8.78 Å². The number of nitrogens with zero attached hydrogens (tertiary/aromatic N) is 1. The number of likely N-dealkylation sites (tertiary alicyclic amines) is 1. The lowest BCUT2D eigenvalue weighted by Gasteiger charge is -2.37. The van der Waals surface area contributed by atoms with Crippen molar-refractivity contribution < 1.29 is 18.7 Å². The van der Waals surface area contributed by atoms with Crippen LogP contribution in [0.4, 0.5) is 8.78 Å². The highest BCUT2D eigenvalue weighted by atomic mass is 19.3. The molecule has 1 fully saturated rings. The molecule has 0 aromatic rings. The molecule has 0 unspecified atom stereocenters. The van der Waals surface area contributed by atoms with Crippen LogP contribution in [0.2, 0.25) is 0 Å². The van der Waals surface area contributed by atoms with E-state index in [1.54, 1.807) is 0 Å². The minimum absolute atomic E-state index is 0.283. The van der Waals surface area contributed by atoms with Gasteiger partial charge in [0.2, 0.25) is 0 Å². The Kier molecular flexibility index (Phi) is 3.09. The first kappa shape index (κ1) is 11.4. The number of halogens is 2. The second kappa shape index (κ2) is 3.81. The number of carbonyl (C=O) groups excluding carboxylic acids is 1. The van der Waals surface area contributed by atoms with Crippen LogP contribution < -0.4 is 0 Å². The van der Waals surface area contributed by atoms with Crippen LogP contribution in [-0.4, -0.2) is 41.0 Å². The number of alkyl halides is 2. The topological polar surface area (TPSA) is 40.5 Å². The van der Waals surface area contributed by atoms with Crippen LogP contribution in [0, 0.1) is 5.92 Å². The number of hydrogen-bond acceptors (Lipinski definition) is 2. The zero-order valence-corrected chi connectivity index (χ0v) is 8.33. The maximum absolute atomic E-state index is 13.2. The summed E-state index contributed by atoms with van der Waals surface area (Å²) in [7, 11) is 0. The predicted molar refractivity (Wildman–Crippen MR) is 47.0 cm³/mol. The smallest absolute Gasteiger partial charge is 0.267 e. The number of rotatable bonds is 1. The Labute approximate surface area is 81.7 Å². The Bertz CT molecular complexity index is 231. The third-order valence-electron chi connectivity index (χ3n) is 2.62. The summed E-state index contributed by atoms with van der Waals surface area (Å²) in [6.07, 6.45) is -0.912. The van der Waals surface area contributed by atoms with Gasteiger partial charge in [0.25, 0.3) is 11.8 Å². The zero-order valence-electron chi connectivity index (χ0n) is 8.33. The standard InChI is InChI=1S/C9H15F2NO2/c1-6-3-4-12(5-9(6,10)11)8(14)7(2)13/h6-7,13H,3-5H2,1-2H3/t6-,7-/m0/s1.